The Morgan fingerprint density at radius 3 is 1.77 bits per heavy atom. The number of rotatable bonds is 4. The molecule has 0 saturated heterocycles. The zero-order valence-corrected chi connectivity index (χ0v) is 22.6. The fourth-order valence-corrected chi connectivity index (χ4v) is 6.46. The van der Waals surface area contributed by atoms with Crippen LogP contribution in [0.15, 0.2) is 66.9 Å². The van der Waals surface area contributed by atoms with Gasteiger partial charge in [0, 0.05) is 28.1 Å². The lowest BCUT2D eigenvalue weighted by molar-refractivity contribution is 0.0893. The van der Waals surface area contributed by atoms with E-state index in [0.717, 1.165) is 65.8 Å². The molecule has 1 aliphatic heterocycles. The molecule has 5 nitrogen and oxygen atoms in total. The van der Waals surface area contributed by atoms with E-state index in [1.165, 1.54) is 4.90 Å². The maximum Gasteiger partial charge on any atom is 0.266 e. The van der Waals surface area contributed by atoms with Crippen LogP contribution < -0.4 is 9.64 Å². The Labute approximate surface area is 226 Å². The molecule has 0 spiro atoms. The standard InChI is InChI=1S/C34H28N2O3/c1-17(2)19-7-6-8-20(18(3)4)32(19)36-33(37)25-11-9-21-23-13-14-27(39-5)31-30(23)24(15-16-35-31)22-10-12-26(34(36)38)29(25)28(21)22/h6-18H,1-5H3. The Balaban J connectivity index is 1.57. The van der Waals surface area contributed by atoms with Crippen LogP contribution >= 0.6 is 0 Å². The first-order valence-corrected chi connectivity index (χ1v) is 13.4. The highest BCUT2D eigenvalue weighted by Crippen LogP contribution is 2.46. The fourth-order valence-electron chi connectivity index (χ4n) is 6.46. The molecule has 39 heavy (non-hydrogen) atoms. The van der Waals surface area contributed by atoms with Crippen LogP contribution in [0.4, 0.5) is 5.69 Å². The van der Waals surface area contributed by atoms with E-state index < -0.39 is 0 Å². The second kappa shape index (κ2) is 8.24. The summed E-state index contributed by atoms with van der Waals surface area (Å²) in [4.78, 5) is 34.6. The van der Waals surface area contributed by atoms with Crippen molar-refractivity contribution >= 4 is 60.7 Å². The average Bonchev–Trinajstić information content (AvgIpc) is 2.94. The number of fused-ring (bicyclic) bond motifs is 2. The first-order chi connectivity index (χ1) is 18.8. The van der Waals surface area contributed by atoms with E-state index in [-0.39, 0.29) is 23.7 Å². The van der Waals surface area contributed by atoms with Crippen molar-refractivity contribution in [3.63, 3.8) is 0 Å². The van der Waals surface area contributed by atoms with Crippen LogP contribution in [0.5, 0.6) is 5.75 Å². The molecule has 0 bridgehead atoms. The largest absolute Gasteiger partial charge is 0.494 e. The van der Waals surface area contributed by atoms with Crippen LogP contribution in [-0.4, -0.2) is 23.9 Å². The minimum atomic E-state index is -0.272. The average molecular weight is 513 g/mol. The summed E-state index contributed by atoms with van der Waals surface area (Å²) in [6, 6.07) is 19.9. The minimum Gasteiger partial charge on any atom is -0.494 e. The monoisotopic (exact) mass is 512 g/mol. The van der Waals surface area contributed by atoms with Crippen LogP contribution in [0.3, 0.4) is 0 Å². The molecule has 5 heteroatoms. The van der Waals surface area contributed by atoms with Crippen molar-refractivity contribution < 1.29 is 14.3 Å². The van der Waals surface area contributed by atoms with Crippen LogP contribution in [-0.2, 0) is 0 Å². The quantitative estimate of drug-likeness (QED) is 0.136. The molecule has 1 aromatic heterocycles. The second-order valence-electron chi connectivity index (χ2n) is 11.0. The zero-order chi connectivity index (χ0) is 27.2. The van der Waals surface area contributed by atoms with E-state index in [4.69, 9.17) is 4.74 Å². The highest BCUT2D eigenvalue weighted by molar-refractivity contribution is 6.42. The lowest BCUT2D eigenvalue weighted by atomic mass is 9.84. The molecule has 7 rings (SSSR count). The normalized spacial score (nSPS) is 13.8. The molecule has 0 fully saturated rings. The van der Waals surface area contributed by atoms with Crippen LogP contribution in [0.2, 0.25) is 0 Å². The van der Waals surface area contributed by atoms with Gasteiger partial charge in [-0.2, -0.15) is 0 Å². The summed E-state index contributed by atoms with van der Waals surface area (Å²) in [6.45, 7) is 8.40. The predicted molar refractivity (Wildman–Crippen MR) is 158 cm³/mol. The molecule has 0 N–H and O–H groups in total. The van der Waals surface area contributed by atoms with E-state index in [1.807, 2.05) is 60.7 Å². The van der Waals surface area contributed by atoms with E-state index in [9.17, 15) is 9.59 Å². The lowest BCUT2D eigenvalue weighted by Gasteiger charge is -2.32. The van der Waals surface area contributed by atoms with Gasteiger partial charge in [-0.3, -0.25) is 14.6 Å². The third kappa shape index (κ3) is 3.04. The van der Waals surface area contributed by atoms with Gasteiger partial charge < -0.3 is 4.74 Å². The van der Waals surface area contributed by atoms with Crippen LogP contribution in [0, 0.1) is 0 Å². The van der Waals surface area contributed by atoms with E-state index >= 15 is 0 Å². The Kier molecular flexibility index (Phi) is 4.99. The number of imide groups is 1. The lowest BCUT2D eigenvalue weighted by Crippen LogP contribution is -2.41. The number of carbonyl (C=O) groups is 2. The molecule has 0 atom stereocenters. The summed E-state index contributed by atoms with van der Waals surface area (Å²) < 4.78 is 5.61. The summed E-state index contributed by atoms with van der Waals surface area (Å²) in [5.41, 5.74) is 4.64. The van der Waals surface area contributed by atoms with Crippen molar-refractivity contribution in [2.75, 3.05) is 12.0 Å². The number of ether oxygens (including phenoxy) is 1. The SMILES string of the molecule is COc1ccc2c3ccc4c5c(ccc(c6ccnc1c62)c53)C(=O)N(c1c(C(C)C)cccc1C(C)C)C4=O. The van der Waals surface area contributed by atoms with Gasteiger partial charge in [-0.15, -0.1) is 0 Å². The van der Waals surface area contributed by atoms with Gasteiger partial charge in [0.1, 0.15) is 11.3 Å². The van der Waals surface area contributed by atoms with Crippen molar-refractivity contribution in [3.05, 3.63) is 89.1 Å². The molecule has 192 valence electrons. The molecule has 0 unspecified atom stereocenters. The number of carbonyl (C=O) groups excluding carboxylic acids is 2. The van der Waals surface area contributed by atoms with Gasteiger partial charge >= 0.3 is 0 Å². The van der Waals surface area contributed by atoms with Gasteiger partial charge in [-0.25, -0.2) is 4.90 Å². The number of para-hydroxylation sites is 1. The predicted octanol–water partition coefficient (Wildman–Crippen LogP) is 8.19. The summed E-state index contributed by atoms with van der Waals surface area (Å²) in [6.07, 6.45) is 1.79. The summed E-state index contributed by atoms with van der Waals surface area (Å²) in [5.74, 6) is 0.478. The second-order valence-corrected chi connectivity index (χ2v) is 11.0. The third-order valence-corrected chi connectivity index (χ3v) is 8.25. The molecule has 0 saturated carbocycles. The first-order valence-electron chi connectivity index (χ1n) is 13.4. The maximum absolute atomic E-state index is 14.3. The summed E-state index contributed by atoms with van der Waals surface area (Å²) >= 11 is 0. The number of pyridine rings is 1. The number of nitrogens with zero attached hydrogens (tertiary/aromatic N) is 2. The van der Waals surface area contributed by atoms with Gasteiger partial charge in [-0.1, -0.05) is 58.0 Å². The number of methoxy groups -OCH3 is 1. The molecule has 5 aromatic carbocycles. The number of anilines is 1. The van der Waals surface area contributed by atoms with E-state index in [2.05, 4.69) is 32.7 Å². The van der Waals surface area contributed by atoms with Crippen LogP contribution in [0.25, 0.3) is 43.2 Å². The Morgan fingerprint density at radius 2 is 1.21 bits per heavy atom. The first kappa shape index (κ1) is 23.6. The third-order valence-electron chi connectivity index (χ3n) is 8.25. The van der Waals surface area contributed by atoms with Crippen LogP contribution in [0.1, 0.15) is 71.4 Å². The highest BCUT2D eigenvalue weighted by atomic mass is 16.5. The molecular formula is C34H28N2O3. The number of hydrogen-bond donors (Lipinski definition) is 0. The minimum absolute atomic E-state index is 0.152. The number of aromatic nitrogens is 1. The smallest absolute Gasteiger partial charge is 0.266 e. The Bertz CT molecular complexity index is 1910. The Morgan fingerprint density at radius 1 is 0.667 bits per heavy atom. The van der Waals surface area contributed by atoms with Gasteiger partial charge in [0.05, 0.1) is 12.8 Å². The van der Waals surface area contributed by atoms with Crippen molar-refractivity contribution in [1.82, 2.24) is 4.98 Å². The number of benzene rings is 5. The molecule has 0 radical (unpaired) electrons. The van der Waals surface area contributed by atoms with Gasteiger partial charge in [0.2, 0.25) is 0 Å². The van der Waals surface area contributed by atoms with Crippen molar-refractivity contribution in [3.8, 4) is 5.75 Å². The van der Waals surface area contributed by atoms with Gasteiger partial charge in [0.15, 0.2) is 0 Å². The molecule has 2 amide bonds. The van der Waals surface area contributed by atoms with Crippen molar-refractivity contribution in [2.24, 2.45) is 0 Å². The fraction of sp³-hybridized carbons (Fsp3) is 0.206. The van der Waals surface area contributed by atoms with Crippen molar-refractivity contribution in [2.45, 2.75) is 39.5 Å². The Hall–Kier alpha value is -4.51. The molecule has 6 aromatic rings. The van der Waals surface area contributed by atoms with E-state index in [1.54, 1.807) is 13.3 Å². The topological polar surface area (TPSA) is 59.5 Å². The van der Waals surface area contributed by atoms with Crippen molar-refractivity contribution in [1.29, 1.82) is 0 Å². The molecule has 0 aliphatic carbocycles. The molecule has 2 heterocycles. The number of hydrogen-bond acceptors (Lipinski definition) is 4. The maximum atomic E-state index is 14.3. The van der Waals surface area contributed by atoms with E-state index in [0.29, 0.717) is 11.1 Å². The zero-order valence-electron chi connectivity index (χ0n) is 22.6. The summed E-state index contributed by atoms with van der Waals surface area (Å²) in [7, 11) is 1.65. The molecular weight excluding hydrogens is 484 g/mol. The molecule has 1 aliphatic rings. The summed E-state index contributed by atoms with van der Waals surface area (Å²) in [5, 5.41) is 6.75. The highest BCUT2D eigenvalue weighted by Gasteiger charge is 2.38. The van der Waals surface area contributed by atoms with Gasteiger partial charge in [-0.05, 0) is 80.2 Å². The van der Waals surface area contributed by atoms with Gasteiger partial charge in [0.25, 0.3) is 11.8 Å². The number of amides is 2.